The normalized spacial score (nSPS) is 10.2. The zero-order valence-corrected chi connectivity index (χ0v) is 27.6. The Labute approximate surface area is 277 Å². The monoisotopic (exact) mass is 644 g/mol. The average molecular weight is 647 g/mol. The Kier molecular flexibility index (Phi) is 21.9. The summed E-state index contributed by atoms with van der Waals surface area (Å²) in [5, 5.41) is 0. The van der Waals surface area contributed by atoms with Crippen molar-refractivity contribution < 1.29 is 0 Å². The summed E-state index contributed by atoms with van der Waals surface area (Å²) in [6, 6.07) is 29.6. The third kappa shape index (κ3) is 16.5. The Hall–Kier alpha value is -2.14. The molecule has 2 nitrogen and oxygen atoms in total. The molecule has 0 heterocycles. The van der Waals surface area contributed by atoms with Crippen LogP contribution >= 0.6 is 48.0 Å². The van der Waals surface area contributed by atoms with Gasteiger partial charge in [-0.25, -0.2) is 0 Å². The second kappa shape index (κ2) is 24.3. The molecule has 0 fully saturated rings. The predicted octanol–water partition coefficient (Wildman–Crippen LogP) is 9.06. The number of hydrogen-bond donors (Lipinski definition) is 0. The van der Waals surface area contributed by atoms with Gasteiger partial charge in [0.2, 0.25) is 0 Å². The number of unbranched alkanes of at least 4 members (excludes halogenated alkanes) is 4. The molecule has 0 aliphatic carbocycles. The van der Waals surface area contributed by atoms with E-state index in [2.05, 4.69) is 118 Å². The summed E-state index contributed by atoms with van der Waals surface area (Å²) in [4.78, 5) is 4.85. The Balaban J connectivity index is 0.00000441. The predicted molar refractivity (Wildman–Crippen MR) is 187 cm³/mol. The highest BCUT2D eigenvalue weighted by molar-refractivity contribution is 6.18. The molecule has 0 amide bonds. The van der Waals surface area contributed by atoms with E-state index in [1.165, 1.54) is 11.1 Å². The van der Waals surface area contributed by atoms with E-state index in [-0.39, 0.29) is 24.8 Å². The van der Waals surface area contributed by atoms with Crippen LogP contribution < -0.4 is 0 Å². The van der Waals surface area contributed by atoms with E-state index >= 15 is 0 Å². The standard InChI is InChI=1S/C36H42Cl2N2.2ClH/c37-25-9-3-11-27-39(31-35-15-5-1-6-16-35)29-13-19-33-21-23-34(24-22-33)20-14-30-40(28-12-4-10-26-38)32-36-17-7-2-8-18-36;;/h1-2,5-8,15-18,21-24H,3-4,9-12,25-32H2;2*1H. The van der Waals surface area contributed by atoms with Gasteiger partial charge in [0.25, 0.3) is 0 Å². The van der Waals surface area contributed by atoms with Crippen LogP contribution in [0.15, 0.2) is 84.9 Å². The van der Waals surface area contributed by atoms with Crippen LogP contribution in [0.4, 0.5) is 0 Å². The van der Waals surface area contributed by atoms with Gasteiger partial charge in [-0.05, 0) is 74.2 Å². The van der Waals surface area contributed by atoms with Gasteiger partial charge in [-0.1, -0.05) is 97.2 Å². The largest absolute Gasteiger partial charge is 0.288 e. The third-order valence-corrected chi connectivity index (χ3v) is 7.20. The SMILES string of the molecule is Cl.Cl.ClCCCCCN(CC#Cc1ccc(C#CCN(CCCCCCl)Cc2ccccc2)cc1)Cc1ccccc1. The number of benzene rings is 3. The van der Waals surface area contributed by atoms with Crippen LogP contribution in [0.25, 0.3) is 0 Å². The van der Waals surface area contributed by atoms with Crippen LogP contribution in [0.3, 0.4) is 0 Å². The highest BCUT2D eigenvalue weighted by atomic mass is 35.5. The molecule has 0 saturated carbocycles. The fourth-order valence-corrected chi connectivity index (χ4v) is 4.85. The van der Waals surface area contributed by atoms with Crippen molar-refractivity contribution in [3.63, 3.8) is 0 Å². The molecule has 3 aromatic rings. The minimum Gasteiger partial charge on any atom is -0.288 e. The number of hydrogen-bond acceptors (Lipinski definition) is 2. The molecule has 0 bridgehead atoms. The third-order valence-electron chi connectivity index (χ3n) is 6.67. The van der Waals surface area contributed by atoms with Crippen molar-refractivity contribution >= 4 is 48.0 Å². The number of rotatable bonds is 16. The van der Waals surface area contributed by atoms with Gasteiger partial charge in [-0.15, -0.1) is 48.0 Å². The second-order valence-corrected chi connectivity index (χ2v) is 10.8. The van der Waals surface area contributed by atoms with E-state index in [0.717, 1.165) is 101 Å². The van der Waals surface area contributed by atoms with E-state index in [9.17, 15) is 0 Å². The zero-order chi connectivity index (χ0) is 28.1. The van der Waals surface area contributed by atoms with Crippen LogP contribution in [0.1, 0.15) is 60.8 Å². The lowest BCUT2D eigenvalue weighted by Gasteiger charge is -2.19. The highest BCUT2D eigenvalue weighted by Gasteiger charge is 2.06. The Morgan fingerprint density at radius 2 is 0.857 bits per heavy atom. The van der Waals surface area contributed by atoms with Gasteiger partial charge >= 0.3 is 0 Å². The molecule has 0 atom stereocenters. The van der Waals surface area contributed by atoms with Crippen LogP contribution in [0.2, 0.25) is 0 Å². The lowest BCUT2D eigenvalue weighted by Crippen LogP contribution is -2.25. The topological polar surface area (TPSA) is 6.48 Å². The summed E-state index contributed by atoms with van der Waals surface area (Å²) in [5.41, 5.74) is 4.69. The van der Waals surface area contributed by atoms with Crippen LogP contribution in [-0.4, -0.2) is 47.7 Å². The van der Waals surface area contributed by atoms with Crippen molar-refractivity contribution in [3.8, 4) is 23.7 Å². The Bertz CT molecular complexity index is 1100. The van der Waals surface area contributed by atoms with E-state index in [1.807, 2.05) is 0 Å². The van der Waals surface area contributed by atoms with Crippen molar-refractivity contribution in [2.45, 2.75) is 51.6 Å². The lowest BCUT2D eigenvalue weighted by atomic mass is 10.1. The van der Waals surface area contributed by atoms with E-state index in [0.29, 0.717) is 0 Å². The summed E-state index contributed by atoms with van der Waals surface area (Å²) in [5.74, 6) is 14.9. The number of halogens is 4. The van der Waals surface area contributed by atoms with Crippen molar-refractivity contribution in [1.82, 2.24) is 9.80 Å². The van der Waals surface area contributed by atoms with Gasteiger partial charge < -0.3 is 0 Å². The second-order valence-electron chi connectivity index (χ2n) is 10.1. The maximum Gasteiger partial charge on any atom is 0.0608 e. The zero-order valence-electron chi connectivity index (χ0n) is 24.4. The molecule has 3 aromatic carbocycles. The lowest BCUT2D eigenvalue weighted by molar-refractivity contribution is 0.291. The summed E-state index contributed by atoms with van der Waals surface area (Å²) < 4.78 is 0. The first-order valence-electron chi connectivity index (χ1n) is 14.5. The summed E-state index contributed by atoms with van der Waals surface area (Å²) in [6.07, 6.45) is 6.74. The molecule has 0 unspecified atom stereocenters. The quantitative estimate of drug-likeness (QED) is 0.0871. The molecule has 0 aromatic heterocycles. The van der Waals surface area contributed by atoms with Crippen LogP contribution in [0, 0.1) is 23.7 Å². The van der Waals surface area contributed by atoms with Gasteiger partial charge in [0.05, 0.1) is 13.1 Å². The van der Waals surface area contributed by atoms with Crippen molar-refractivity contribution in [3.05, 3.63) is 107 Å². The Morgan fingerprint density at radius 3 is 1.21 bits per heavy atom. The molecular formula is C36H44Cl4N2. The van der Waals surface area contributed by atoms with Crippen molar-refractivity contribution in [2.75, 3.05) is 37.9 Å². The first kappa shape index (κ1) is 37.9. The molecule has 0 spiro atoms. The van der Waals surface area contributed by atoms with Crippen LogP contribution in [0.5, 0.6) is 0 Å². The molecule has 6 heteroatoms. The van der Waals surface area contributed by atoms with Gasteiger partial charge in [-0.3, -0.25) is 9.80 Å². The number of alkyl halides is 2. The van der Waals surface area contributed by atoms with Gasteiger partial charge in [0.15, 0.2) is 0 Å². The van der Waals surface area contributed by atoms with Crippen molar-refractivity contribution in [1.29, 1.82) is 0 Å². The Morgan fingerprint density at radius 1 is 0.476 bits per heavy atom. The average Bonchev–Trinajstić information content (AvgIpc) is 2.99. The van der Waals surface area contributed by atoms with Gasteiger partial charge in [0, 0.05) is 36.0 Å². The molecule has 0 aliphatic rings. The molecule has 0 aliphatic heterocycles. The van der Waals surface area contributed by atoms with Crippen molar-refractivity contribution in [2.24, 2.45) is 0 Å². The molecular weight excluding hydrogens is 602 g/mol. The minimum atomic E-state index is 0. The molecule has 0 saturated heterocycles. The van der Waals surface area contributed by atoms with Gasteiger partial charge in [0.1, 0.15) is 0 Å². The van der Waals surface area contributed by atoms with Gasteiger partial charge in [-0.2, -0.15) is 0 Å². The molecule has 226 valence electrons. The number of nitrogens with zero attached hydrogens (tertiary/aromatic N) is 2. The highest BCUT2D eigenvalue weighted by Crippen LogP contribution is 2.09. The van der Waals surface area contributed by atoms with E-state index in [4.69, 9.17) is 23.2 Å². The molecule has 0 N–H and O–H groups in total. The molecule has 3 rings (SSSR count). The first-order valence-corrected chi connectivity index (χ1v) is 15.6. The minimum absolute atomic E-state index is 0. The summed E-state index contributed by atoms with van der Waals surface area (Å²) >= 11 is 11.7. The first-order chi connectivity index (χ1) is 19.8. The smallest absolute Gasteiger partial charge is 0.0608 e. The maximum atomic E-state index is 5.86. The van der Waals surface area contributed by atoms with E-state index < -0.39 is 0 Å². The fourth-order valence-electron chi connectivity index (χ4n) is 4.47. The van der Waals surface area contributed by atoms with E-state index in [1.54, 1.807) is 0 Å². The fraction of sp³-hybridized carbons (Fsp3) is 0.389. The molecule has 42 heavy (non-hydrogen) atoms. The summed E-state index contributed by atoms with van der Waals surface area (Å²) in [6.45, 7) is 5.39. The summed E-state index contributed by atoms with van der Waals surface area (Å²) in [7, 11) is 0. The maximum absolute atomic E-state index is 5.86. The molecule has 0 radical (unpaired) electrons. The van der Waals surface area contributed by atoms with Crippen LogP contribution in [-0.2, 0) is 13.1 Å².